The van der Waals surface area contributed by atoms with Gasteiger partial charge in [0.05, 0.1) is 25.8 Å². The molecule has 9 nitrogen and oxygen atoms in total. The lowest BCUT2D eigenvalue weighted by molar-refractivity contribution is -0.142. The Morgan fingerprint density at radius 2 is 1.82 bits per heavy atom. The van der Waals surface area contributed by atoms with Gasteiger partial charge >= 0.3 is 5.97 Å². The number of rotatable bonds is 10. The van der Waals surface area contributed by atoms with Crippen LogP contribution in [0.5, 0.6) is 11.5 Å². The monoisotopic (exact) mass is 469 g/mol. The van der Waals surface area contributed by atoms with E-state index in [2.05, 4.69) is 15.6 Å². The first-order chi connectivity index (χ1) is 16.0. The van der Waals surface area contributed by atoms with Crippen LogP contribution < -0.4 is 20.1 Å². The molecule has 2 aromatic carbocycles. The number of nitrogens with zero attached hydrogens (tertiary/aromatic N) is 1. The first-order valence-electron chi connectivity index (χ1n) is 10.0. The van der Waals surface area contributed by atoms with Gasteiger partial charge < -0.3 is 19.5 Å². The van der Waals surface area contributed by atoms with Crippen molar-refractivity contribution in [2.75, 3.05) is 31.0 Å². The molecule has 3 rings (SSSR count). The van der Waals surface area contributed by atoms with Crippen molar-refractivity contribution in [2.45, 2.75) is 13.3 Å². The zero-order chi connectivity index (χ0) is 23.6. The number of ether oxygens (including phenoxy) is 3. The number of nitrogens with one attached hydrogen (secondary N) is 2. The molecule has 2 amide bonds. The fourth-order valence-electron chi connectivity index (χ4n) is 2.72. The van der Waals surface area contributed by atoms with Gasteiger partial charge in [0, 0.05) is 22.7 Å². The summed E-state index contributed by atoms with van der Waals surface area (Å²) in [5, 5.41) is 7.49. The van der Waals surface area contributed by atoms with Gasteiger partial charge in [0.1, 0.15) is 11.5 Å². The zero-order valence-electron chi connectivity index (χ0n) is 18.1. The van der Waals surface area contributed by atoms with Gasteiger partial charge in [0.25, 0.3) is 11.8 Å². The van der Waals surface area contributed by atoms with Crippen molar-refractivity contribution < 1.29 is 28.6 Å². The molecule has 0 aliphatic heterocycles. The van der Waals surface area contributed by atoms with E-state index in [1.54, 1.807) is 67.9 Å². The topological polar surface area (TPSA) is 116 Å². The highest BCUT2D eigenvalue weighted by atomic mass is 32.1. The number of carbonyl (C=O) groups is 3. The number of anilines is 2. The largest absolute Gasteiger partial charge is 0.497 e. The highest BCUT2D eigenvalue weighted by Gasteiger charge is 2.12. The molecule has 0 spiro atoms. The number of hydrogen-bond acceptors (Lipinski definition) is 8. The van der Waals surface area contributed by atoms with Crippen LogP contribution in [-0.2, 0) is 20.7 Å². The SMILES string of the molecule is CCOC(=O)Cc1csc(NC(=O)c2ccc(OCC(=O)Nc3cccc(OC)c3)cc2)n1. The summed E-state index contributed by atoms with van der Waals surface area (Å²) < 4.78 is 15.5. The van der Waals surface area contributed by atoms with Crippen LogP contribution in [0, 0.1) is 0 Å². The predicted molar refractivity (Wildman–Crippen MR) is 124 cm³/mol. The third-order valence-corrected chi connectivity index (χ3v) is 5.05. The Morgan fingerprint density at radius 3 is 2.55 bits per heavy atom. The van der Waals surface area contributed by atoms with E-state index >= 15 is 0 Å². The Morgan fingerprint density at radius 1 is 1.03 bits per heavy atom. The summed E-state index contributed by atoms with van der Waals surface area (Å²) in [7, 11) is 1.55. The molecular weight excluding hydrogens is 446 g/mol. The summed E-state index contributed by atoms with van der Waals surface area (Å²) in [6.45, 7) is 1.85. The number of benzene rings is 2. The summed E-state index contributed by atoms with van der Waals surface area (Å²) in [6.07, 6.45) is 0.0532. The number of amides is 2. The second-order valence-electron chi connectivity index (χ2n) is 6.67. The molecule has 3 aromatic rings. The average molecular weight is 470 g/mol. The summed E-state index contributed by atoms with van der Waals surface area (Å²) >= 11 is 1.22. The molecule has 33 heavy (non-hydrogen) atoms. The van der Waals surface area contributed by atoms with Crippen molar-refractivity contribution in [3.05, 3.63) is 65.2 Å². The van der Waals surface area contributed by atoms with Gasteiger partial charge in [-0.2, -0.15) is 0 Å². The average Bonchev–Trinajstić information content (AvgIpc) is 3.24. The highest BCUT2D eigenvalue weighted by molar-refractivity contribution is 7.14. The van der Waals surface area contributed by atoms with Gasteiger partial charge in [-0.25, -0.2) is 4.98 Å². The molecule has 0 radical (unpaired) electrons. The zero-order valence-corrected chi connectivity index (χ0v) is 18.9. The van der Waals surface area contributed by atoms with E-state index in [4.69, 9.17) is 14.2 Å². The quantitative estimate of drug-likeness (QED) is 0.437. The van der Waals surface area contributed by atoms with E-state index in [1.807, 2.05) is 0 Å². The van der Waals surface area contributed by atoms with Crippen molar-refractivity contribution >= 4 is 39.9 Å². The molecule has 0 aliphatic carbocycles. The van der Waals surface area contributed by atoms with Gasteiger partial charge in [-0.05, 0) is 43.3 Å². The van der Waals surface area contributed by atoms with Gasteiger partial charge in [-0.15, -0.1) is 11.3 Å². The summed E-state index contributed by atoms with van der Waals surface area (Å²) in [4.78, 5) is 40.3. The van der Waals surface area contributed by atoms with E-state index in [0.29, 0.717) is 40.2 Å². The third kappa shape index (κ3) is 7.32. The van der Waals surface area contributed by atoms with E-state index in [1.165, 1.54) is 11.3 Å². The molecular formula is C23H23N3O6S. The van der Waals surface area contributed by atoms with Crippen molar-refractivity contribution in [3.63, 3.8) is 0 Å². The summed E-state index contributed by atoms with van der Waals surface area (Å²) in [5.74, 6) is 0.0316. The first kappa shape index (κ1) is 23.7. The second-order valence-corrected chi connectivity index (χ2v) is 7.53. The van der Waals surface area contributed by atoms with Crippen molar-refractivity contribution in [1.82, 2.24) is 4.98 Å². The Bertz CT molecular complexity index is 1110. The molecule has 0 aliphatic rings. The molecule has 172 valence electrons. The standard InChI is InChI=1S/C23H23N3O6S/c1-3-31-21(28)12-17-14-33-23(25-17)26-22(29)15-7-9-18(10-8-15)32-13-20(27)24-16-5-4-6-19(11-16)30-2/h4-11,14H,3,12-13H2,1-2H3,(H,24,27)(H,25,26,29). The molecule has 0 saturated carbocycles. The molecule has 1 aromatic heterocycles. The molecule has 2 N–H and O–H groups in total. The minimum atomic E-state index is -0.367. The number of methoxy groups -OCH3 is 1. The fourth-order valence-corrected chi connectivity index (χ4v) is 3.43. The maximum Gasteiger partial charge on any atom is 0.311 e. The molecule has 0 fully saturated rings. The van der Waals surface area contributed by atoms with Crippen LogP contribution in [0.1, 0.15) is 23.0 Å². The lowest BCUT2D eigenvalue weighted by atomic mass is 10.2. The lowest BCUT2D eigenvalue weighted by Crippen LogP contribution is -2.20. The van der Waals surface area contributed by atoms with Gasteiger partial charge in [-0.3, -0.25) is 19.7 Å². The highest BCUT2D eigenvalue weighted by Crippen LogP contribution is 2.19. The number of esters is 1. The van der Waals surface area contributed by atoms with E-state index < -0.39 is 0 Å². The van der Waals surface area contributed by atoms with Crippen molar-refractivity contribution in [1.29, 1.82) is 0 Å². The molecule has 10 heteroatoms. The van der Waals surface area contributed by atoms with E-state index in [0.717, 1.165) is 0 Å². The van der Waals surface area contributed by atoms with Crippen LogP contribution in [0.4, 0.5) is 10.8 Å². The summed E-state index contributed by atoms with van der Waals surface area (Å²) in [6, 6.07) is 13.4. The maximum absolute atomic E-state index is 12.4. The van der Waals surface area contributed by atoms with Gasteiger partial charge in [-0.1, -0.05) is 6.07 Å². The van der Waals surface area contributed by atoms with Crippen LogP contribution >= 0.6 is 11.3 Å². The summed E-state index contributed by atoms with van der Waals surface area (Å²) in [5.41, 5.74) is 1.53. The second kappa shape index (κ2) is 11.6. The molecule has 0 atom stereocenters. The third-order valence-electron chi connectivity index (χ3n) is 4.24. The molecule has 0 bridgehead atoms. The van der Waals surface area contributed by atoms with Crippen LogP contribution in [0.15, 0.2) is 53.9 Å². The normalized spacial score (nSPS) is 10.2. The Balaban J connectivity index is 1.48. The minimum Gasteiger partial charge on any atom is -0.497 e. The van der Waals surface area contributed by atoms with Crippen LogP contribution in [0.25, 0.3) is 0 Å². The maximum atomic E-state index is 12.4. The van der Waals surface area contributed by atoms with Crippen molar-refractivity contribution in [3.8, 4) is 11.5 Å². The van der Waals surface area contributed by atoms with Gasteiger partial charge in [0.15, 0.2) is 11.7 Å². The Labute approximate surface area is 194 Å². The number of carbonyl (C=O) groups excluding carboxylic acids is 3. The number of thiazole rings is 1. The molecule has 0 saturated heterocycles. The Hall–Kier alpha value is -3.92. The van der Waals surface area contributed by atoms with Crippen molar-refractivity contribution in [2.24, 2.45) is 0 Å². The number of hydrogen-bond donors (Lipinski definition) is 2. The minimum absolute atomic E-state index is 0.0532. The van der Waals surface area contributed by atoms with E-state index in [9.17, 15) is 14.4 Å². The molecule has 1 heterocycles. The van der Waals surface area contributed by atoms with E-state index in [-0.39, 0.29) is 30.8 Å². The van der Waals surface area contributed by atoms with Crippen LogP contribution in [0.2, 0.25) is 0 Å². The fraction of sp³-hybridized carbons (Fsp3) is 0.217. The lowest BCUT2D eigenvalue weighted by Gasteiger charge is -2.09. The molecule has 0 unspecified atom stereocenters. The van der Waals surface area contributed by atoms with Crippen LogP contribution in [-0.4, -0.2) is 43.1 Å². The number of aromatic nitrogens is 1. The predicted octanol–water partition coefficient (Wildman–Crippen LogP) is 3.53. The smallest absolute Gasteiger partial charge is 0.311 e. The Kier molecular flexibility index (Phi) is 8.36. The van der Waals surface area contributed by atoms with Gasteiger partial charge in [0.2, 0.25) is 0 Å². The first-order valence-corrected chi connectivity index (χ1v) is 10.9. The van der Waals surface area contributed by atoms with Crippen LogP contribution in [0.3, 0.4) is 0 Å².